The van der Waals surface area contributed by atoms with Crippen molar-refractivity contribution in [2.24, 2.45) is 0 Å². The molecule has 4 heteroatoms. The molecular weight excluding hydrogens is 172 g/mol. The molecule has 0 aromatic rings. The van der Waals surface area contributed by atoms with E-state index in [4.69, 9.17) is 9.47 Å². The Morgan fingerprint density at radius 2 is 2.23 bits per heavy atom. The Labute approximate surface area is 78.2 Å². The van der Waals surface area contributed by atoms with E-state index in [2.05, 4.69) is 4.74 Å². The minimum atomic E-state index is -0.448. The van der Waals surface area contributed by atoms with Crippen molar-refractivity contribution in [3.8, 4) is 0 Å². The van der Waals surface area contributed by atoms with E-state index in [9.17, 15) is 4.79 Å². The minimum absolute atomic E-state index is 0.106. The van der Waals surface area contributed by atoms with E-state index in [-0.39, 0.29) is 12.7 Å². The maximum atomic E-state index is 9.94. The van der Waals surface area contributed by atoms with Gasteiger partial charge in [-0.3, -0.25) is 4.79 Å². The van der Waals surface area contributed by atoms with Crippen molar-refractivity contribution in [2.45, 2.75) is 38.6 Å². The van der Waals surface area contributed by atoms with E-state index in [1.807, 2.05) is 13.8 Å². The molecule has 1 fully saturated rings. The zero-order valence-corrected chi connectivity index (χ0v) is 8.12. The summed E-state index contributed by atoms with van der Waals surface area (Å²) in [6, 6.07) is 0. The van der Waals surface area contributed by atoms with Crippen molar-refractivity contribution in [3.63, 3.8) is 0 Å². The van der Waals surface area contributed by atoms with Crippen LogP contribution in [0.25, 0.3) is 0 Å². The second-order valence-electron chi connectivity index (χ2n) is 3.10. The van der Waals surface area contributed by atoms with Gasteiger partial charge in [-0.2, -0.15) is 0 Å². The largest absolute Gasteiger partial charge is 0.465 e. The summed E-state index contributed by atoms with van der Waals surface area (Å²) in [6.45, 7) is 5.26. The number of hydrogen-bond donors (Lipinski definition) is 0. The first-order valence-electron chi connectivity index (χ1n) is 4.63. The van der Waals surface area contributed by atoms with E-state index in [1.165, 1.54) is 0 Å². The van der Waals surface area contributed by atoms with Crippen molar-refractivity contribution < 1.29 is 19.0 Å². The maximum absolute atomic E-state index is 9.94. The molecule has 1 heterocycles. The summed E-state index contributed by atoms with van der Waals surface area (Å²) in [4.78, 5) is 9.94. The van der Waals surface area contributed by atoms with Crippen molar-refractivity contribution in [3.05, 3.63) is 0 Å². The molecule has 1 aliphatic rings. The fraction of sp³-hybridized carbons (Fsp3) is 0.889. The normalized spacial score (nSPS) is 25.8. The van der Waals surface area contributed by atoms with E-state index >= 15 is 0 Å². The summed E-state index contributed by atoms with van der Waals surface area (Å²) in [6.07, 6.45) is 1.53. The van der Waals surface area contributed by atoms with Gasteiger partial charge in [0, 0.05) is 0 Å². The molecule has 4 nitrogen and oxygen atoms in total. The summed E-state index contributed by atoms with van der Waals surface area (Å²) >= 11 is 0. The number of carbonyl (C=O) groups is 1. The third-order valence-corrected chi connectivity index (χ3v) is 2.34. The highest BCUT2D eigenvalue weighted by molar-refractivity contribution is 5.36. The third kappa shape index (κ3) is 2.42. The average Bonchev–Trinajstić information content (AvgIpc) is 2.59. The Bertz CT molecular complexity index is 165. The van der Waals surface area contributed by atoms with Crippen LogP contribution in [0.1, 0.15) is 26.7 Å². The van der Waals surface area contributed by atoms with Crippen LogP contribution in [0.4, 0.5) is 0 Å². The molecule has 76 valence electrons. The summed E-state index contributed by atoms with van der Waals surface area (Å²) in [5.74, 6) is -0.448. The van der Waals surface area contributed by atoms with Gasteiger partial charge in [0.05, 0.1) is 6.61 Å². The summed E-state index contributed by atoms with van der Waals surface area (Å²) in [7, 11) is 0. The van der Waals surface area contributed by atoms with Gasteiger partial charge in [-0.25, -0.2) is 0 Å². The lowest BCUT2D eigenvalue weighted by Gasteiger charge is -2.24. The monoisotopic (exact) mass is 188 g/mol. The van der Waals surface area contributed by atoms with E-state index in [0.717, 1.165) is 12.8 Å². The molecule has 0 spiro atoms. The number of rotatable bonds is 5. The van der Waals surface area contributed by atoms with Crippen LogP contribution in [0.5, 0.6) is 0 Å². The van der Waals surface area contributed by atoms with Crippen LogP contribution in [-0.4, -0.2) is 31.6 Å². The Morgan fingerprint density at radius 3 is 2.69 bits per heavy atom. The smallest absolute Gasteiger partial charge is 0.293 e. The highest BCUT2D eigenvalue weighted by Crippen LogP contribution is 2.29. The lowest BCUT2D eigenvalue weighted by Crippen LogP contribution is -2.29. The van der Waals surface area contributed by atoms with Gasteiger partial charge in [-0.1, -0.05) is 13.8 Å². The first-order chi connectivity index (χ1) is 6.26. The van der Waals surface area contributed by atoms with Crippen LogP contribution in [-0.2, 0) is 19.0 Å². The van der Waals surface area contributed by atoms with Crippen molar-refractivity contribution in [1.82, 2.24) is 0 Å². The lowest BCUT2D eigenvalue weighted by molar-refractivity contribution is -0.177. The molecule has 1 unspecified atom stereocenters. The molecule has 0 saturated carbocycles. The predicted molar refractivity (Wildman–Crippen MR) is 46.2 cm³/mol. The maximum Gasteiger partial charge on any atom is 0.293 e. The predicted octanol–water partition coefficient (Wildman–Crippen LogP) is 1.09. The van der Waals surface area contributed by atoms with Gasteiger partial charge in [0.15, 0.2) is 5.79 Å². The van der Waals surface area contributed by atoms with Gasteiger partial charge in [0.1, 0.15) is 12.7 Å². The Hall–Kier alpha value is -0.610. The molecule has 0 bridgehead atoms. The summed E-state index contributed by atoms with van der Waals surface area (Å²) in [5.41, 5.74) is 0. The Morgan fingerprint density at radius 1 is 1.54 bits per heavy atom. The van der Waals surface area contributed by atoms with Crippen LogP contribution in [0.15, 0.2) is 0 Å². The van der Waals surface area contributed by atoms with Crippen molar-refractivity contribution in [2.75, 3.05) is 13.2 Å². The van der Waals surface area contributed by atoms with E-state index in [1.54, 1.807) is 0 Å². The molecule has 0 N–H and O–H groups in total. The molecule has 0 aromatic heterocycles. The number of carbonyl (C=O) groups excluding carboxylic acids is 1. The average molecular weight is 188 g/mol. The fourth-order valence-electron chi connectivity index (χ4n) is 1.47. The van der Waals surface area contributed by atoms with Gasteiger partial charge in [0.2, 0.25) is 0 Å². The molecule has 1 atom stereocenters. The Kier molecular flexibility index (Phi) is 3.69. The van der Waals surface area contributed by atoms with Crippen LogP contribution >= 0.6 is 0 Å². The third-order valence-electron chi connectivity index (χ3n) is 2.34. The fourth-order valence-corrected chi connectivity index (χ4v) is 1.47. The van der Waals surface area contributed by atoms with Crippen molar-refractivity contribution >= 4 is 6.47 Å². The molecule has 0 amide bonds. The highest BCUT2D eigenvalue weighted by atomic mass is 16.8. The molecule has 1 rings (SSSR count). The highest BCUT2D eigenvalue weighted by Gasteiger charge is 2.38. The second-order valence-corrected chi connectivity index (χ2v) is 3.10. The molecule has 0 radical (unpaired) electrons. The van der Waals surface area contributed by atoms with Gasteiger partial charge in [0.25, 0.3) is 6.47 Å². The minimum Gasteiger partial charge on any atom is -0.465 e. The van der Waals surface area contributed by atoms with Gasteiger partial charge in [-0.05, 0) is 12.8 Å². The topological polar surface area (TPSA) is 44.8 Å². The molecular formula is C9H16O4. The molecule has 0 aliphatic carbocycles. The van der Waals surface area contributed by atoms with Gasteiger partial charge < -0.3 is 14.2 Å². The SMILES string of the molecule is CCC1(CC)OCC(COC=O)O1. The van der Waals surface area contributed by atoms with Gasteiger partial charge in [-0.15, -0.1) is 0 Å². The Balaban J connectivity index is 2.37. The van der Waals surface area contributed by atoms with E-state index in [0.29, 0.717) is 13.1 Å². The van der Waals surface area contributed by atoms with Crippen LogP contribution in [0, 0.1) is 0 Å². The number of hydrogen-bond acceptors (Lipinski definition) is 4. The van der Waals surface area contributed by atoms with Crippen molar-refractivity contribution in [1.29, 1.82) is 0 Å². The van der Waals surface area contributed by atoms with Crippen LogP contribution in [0.3, 0.4) is 0 Å². The second kappa shape index (κ2) is 4.58. The van der Waals surface area contributed by atoms with E-state index < -0.39 is 5.79 Å². The number of ether oxygens (including phenoxy) is 3. The zero-order chi connectivity index (χ0) is 9.73. The molecule has 0 aromatic carbocycles. The summed E-state index contributed by atoms with van der Waals surface area (Å²) in [5, 5.41) is 0. The quantitative estimate of drug-likeness (QED) is 0.606. The first-order valence-corrected chi connectivity index (χ1v) is 4.63. The molecule has 1 aliphatic heterocycles. The molecule has 13 heavy (non-hydrogen) atoms. The van der Waals surface area contributed by atoms with Crippen LogP contribution in [0.2, 0.25) is 0 Å². The zero-order valence-electron chi connectivity index (χ0n) is 8.12. The summed E-state index contributed by atoms with van der Waals surface area (Å²) < 4.78 is 15.8. The van der Waals surface area contributed by atoms with Crippen LogP contribution < -0.4 is 0 Å². The van der Waals surface area contributed by atoms with Gasteiger partial charge >= 0.3 is 0 Å². The first kappa shape index (κ1) is 10.5. The lowest BCUT2D eigenvalue weighted by atomic mass is 10.1. The molecule has 1 saturated heterocycles. The standard InChI is InChI=1S/C9H16O4/c1-3-9(4-2)12-6-8(13-9)5-11-7-10/h7-8H,3-6H2,1-2H3.